The quantitative estimate of drug-likeness (QED) is 0.722. The summed E-state index contributed by atoms with van der Waals surface area (Å²) in [5.74, 6) is 0. The summed E-state index contributed by atoms with van der Waals surface area (Å²) in [6, 6.07) is 0. The van der Waals surface area contributed by atoms with Crippen LogP contribution in [-0.4, -0.2) is 49.0 Å². The van der Waals surface area contributed by atoms with Crippen LogP contribution in [0.5, 0.6) is 0 Å². The molecular weight excluding hydrogens is 166 g/mol. The van der Waals surface area contributed by atoms with Crippen molar-refractivity contribution in [3.63, 3.8) is 0 Å². The molecule has 0 amide bonds. The predicted molar refractivity (Wildman–Crippen MR) is 54.9 cm³/mol. The zero-order valence-corrected chi connectivity index (χ0v) is 9.12. The van der Waals surface area contributed by atoms with Gasteiger partial charge in [0, 0.05) is 26.2 Å². The first-order chi connectivity index (χ1) is 6.33. The minimum absolute atomic E-state index is 0.297. The topological polar surface area (TPSA) is 32.7 Å². The van der Waals surface area contributed by atoms with Gasteiger partial charge < -0.3 is 9.84 Å². The molecule has 1 atom stereocenters. The van der Waals surface area contributed by atoms with E-state index in [0.29, 0.717) is 12.7 Å². The molecule has 1 N–H and O–H groups in total. The summed E-state index contributed by atoms with van der Waals surface area (Å²) in [6.07, 6.45) is 1.25. The summed E-state index contributed by atoms with van der Waals surface area (Å²) in [7, 11) is 0. The average Bonchev–Trinajstić information content (AvgIpc) is 2.18. The van der Waals surface area contributed by atoms with Gasteiger partial charge in [-0.2, -0.15) is 0 Å². The van der Waals surface area contributed by atoms with Crippen LogP contribution in [0.2, 0.25) is 0 Å². The normalized spacial score (nSPS) is 23.5. The molecule has 0 saturated carbocycles. The van der Waals surface area contributed by atoms with E-state index in [4.69, 9.17) is 9.84 Å². The Hall–Kier alpha value is -0.120. The summed E-state index contributed by atoms with van der Waals surface area (Å²) in [5, 5.41) is 8.60. The van der Waals surface area contributed by atoms with E-state index in [1.165, 1.54) is 0 Å². The Balaban J connectivity index is 0.000000671. The minimum atomic E-state index is 0.297. The van der Waals surface area contributed by atoms with E-state index >= 15 is 0 Å². The first-order valence-corrected chi connectivity index (χ1v) is 5.27. The van der Waals surface area contributed by atoms with Gasteiger partial charge in [0.25, 0.3) is 0 Å². The van der Waals surface area contributed by atoms with Gasteiger partial charge in [-0.25, -0.2) is 0 Å². The molecule has 0 aromatic heterocycles. The van der Waals surface area contributed by atoms with Crippen molar-refractivity contribution in [1.82, 2.24) is 4.90 Å². The first-order valence-electron chi connectivity index (χ1n) is 5.27. The molecule has 0 aliphatic carbocycles. The maximum atomic E-state index is 8.60. The number of rotatable bonds is 3. The van der Waals surface area contributed by atoms with Crippen molar-refractivity contribution in [3.05, 3.63) is 0 Å². The Morgan fingerprint density at radius 2 is 2.15 bits per heavy atom. The van der Waals surface area contributed by atoms with Crippen LogP contribution >= 0.6 is 0 Å². The maximum absolute atomic E-state index is 8.60. The Labute approximate surface area is 81.7 Å². The molecule has 0 unspecified atom stereocenters. The molecule has 0 radical (unpaired) electrons. The molecule has 1 aliphatic heterocycles. The van der Waals surface area contributed by atoms with Gasteiger partial charge in [0.2, 0.25) is 0 Å². The molecule has 3 heteroatoms. The lowest BCUT2D eigenvalue weighted by molar-refractivity contribution is -0.0195. The summed E-state index contributed by atoms with van der Waals surface area (Å²) in [5.41, 5.74) is 0. The van der Waals surface area contributed by atoms with E-state index in [2.05, 4.69) is 11.8 Å². The van der Waals surface area contributed by atoms with Crippen LogP contribution in [0.25, 0.3) is 0 Å². The van der Waals surface area contributed by atoms with E-state index < -0.39 is 0 Å². The zero-order valence-electron chi connectivity index (χ0n) is 9.12. The van der Waals surface area contributed by atoms with Crippen LogP contribution in [-0.2, 0) is 4.74 Å². The predicted octanol–water partition coefficient (Wildman–Crippen LogP) is 1.12. The fourth-order valence-corrected chi connectivity index (χ4v) is 1.39. The Morgan fingerprint density at radius 3 is 2.69 bits per heavy atom. The molecule has 1 heterocycles. The lowest BCUT2D eigenvalue weighted by Gasteiger charge is -2.30. The number of morpholine rings is 1. The van der Waals surface area contributed by atoms with E-state index in [1.54, 1.807) is 0 Å². The third-order valence-electron chi connectivity index (χ3n) is 1.96. The molecular formula is C10H23NO2. The smallest absolute Gasteiger partial charge is 0.0674 e. The van der Waals surface area contributed by atoms with E-state index in [0.717, 1.165) is 32.7 Å². The summed E-state index contributed by atoms with van der Waals surface area (Å²) in [6.45, 7) is 10.3. The van der Waals surface area contributed by atoms with Crippen LogP contribution in [0.1, 0.15) is 27.2 Å². The second-order valence-corrected chi connectivity index (χ2v) is 3.06. The largest absolute Gasteiger partial charge is 0.396 e. The van der Waals surface area contributed by atoms with Gasteiger partial charge in [-0.3, -0.25) is 4.90 Å². The fraction of sp³-hybridized carbons (Fsp3) is 1.00. The van der Waals surface area contributed by atoms with Gasteiger partial charge in [0.15, 0.2) is 0 Å². The highest BCUT2D eigenvalue weighted by Crippen LogP contribution is 2.03. The molecule has 1 rings (SSSR count). The van der Waals surface area contributed by atoms with Crippen LogP contribution in [0, 0.1) is 0 Å². The number of hydrogen-bond acceptors (Lipinski definition) is 3. The molecule has 0 aromatic carbocycles. The van der Waals surface area contributed by atoms with Gasteiger partial charge in [-0.1, -0.05) is 13.8 Å². The van der Waals surface area contributed by atoms with Crippen molar-refractivity contribution in [2.24, 2.45) is 0 Å². The van der Waals surface area contributed by atoms with Crippen LogP contribution in [0.15, 0.2) is 0 Å². The van der Waals surface area contributed by atoms with Crippen LogP contribution in [0.4, 0.5) is 0 Å². The Morgan fingerprint density at radius 1 is 1.46 bits per heavy atom. The number of aliphatic hydroxyl groups excluding tert-OH is 1. The standard InChI is InChI=1S/C8H17NO2.C2H6/c1-8-7-9(3-2-5-10)4-6-11-8;1-2/h8,10H,2-7H2,1H3;1-2H3/t8-;/m0./s1. The Bertz CT molecular complexity index is 109. The highest BCUT2D eigenvalue weighted by atomic mass is 16.5. The highest BCUT2D eigenvalue weighted by Gasteiger charge is 2.15. The van der Waals surface area contributed by atoms with Gasteiger partial charge in [0.05, 0.1) is 12.7 Å². The molecule has 0 aromatic rings. The molecule has 0 spiro atoms. The van der Waals surface area contributed by atoms with Crippen molar-refractivity contribution in [3.8, 4) is 0 Å². The molecule has 80 valence electrons. The number of nitrogens with zero attached hydrogens (tertiary/aromatic N) is 1. The lowest BCUT2D eigenvalue weighted by Crippen LogP contribution is -2.41. The highest BCUT2D eigenvalue weighted by molar-refractivity contribution is 4.67. The molecule has 1 saturated heterocycles. The number of hydrogen-bond donors (Lipinski definition) is 1. The van der Waals surface area contributed by atoms with Crippen molar-refractivity contribution in [1.29, 1.82) is 0 Å². The second kappa shape index (κ2) is 8.48. The van der Waals surface area contributed by atoms with Crippen molar-refractivity contribution < 1.29 is 9.84 Å². The molecule has 1 fully saturated rings. The summed E-state index contributed by atoms with van der Waals surface area (Å²) in [4.78, 5) is 2.34. The van der Waals surface area contributed by atoms with Crippen molar-refractivity contribution in [2.45, 2.75) is 33.3 Å². The van der Waals surface area contributed by atoms with E-state index in [-0.39, 0.29) is 0 Å². The van der Waals surface area contributed by atoms with Gasteiger partial charge in [0.1, 0.15) is 0 Å². The Kier molecular flexibility index (Phi) is 8.40. The lowest BCUT2D eigenvalue weighted by atomic mass is 10.3. The zero-order chi connectivity index (χ0) is 10.1. The number of ether oxygens (including phenoxy) is 1. The minimum Gasteiger partial charge on any atom is -0.396 e. The monoisotopic (exact) mass is 189 g/mol. The summed E-state index contributed by atoms with van der Waals surface area (Å²) >= 11 is 0. The van der Waals surface area contributed by atoms with Crippen LogP contribution < -0.4 is 0 Å². The third-order valence-corrected chi connectivity index (χ3v) is 1.96. The molecule has 3 nitrogen and oxygen atoms in total. The van der Waals surface area contributed by atoms with Crippen molar-refractivity contribution >= 4 is 0 Å². The fourth-order valence-electron chi connectivity index (χ4n) is 1.39. The van der Waals surface area contributed by atoms with Crippen molar-refractivity contribution in [2.75, 3.05) is 32.8 Å². The van der Waals surface area contributed by atoms with Crippen LogP contribution in [0.3, 0.4) is 0 Å². The van der Waals surface area contributed by atoms with Gasteiger partial charge in [-0.05, 0) is 13.3 Å². The van der Waals surface area contributed by atoms with Gasteiger partial charge >= 0.3 is 0 Å². The summed E-state index contributed by atoms with van der Waals surface area (Å²) < 4.78 is 5.38. The van der Waals surface area contributed by atoms with E-state index in [1.807, 2.05) is 13.8 Å². The molecule has 0 bridgehead atoms. The molecule has 13 heavy (non-hydrogen) atoms. The van der Waals surface area contributed by atoms with E-state index in [9.17, 15) is 0 Å². The third kappa shape index (κ3) is 6.02. The molecule has 1 aliphatic rings. The SMILES string of the molecule is CC.C[C@H]1CN(CCCO)CCO1. The number of aliphatic hydroxyl groups is 1. The van der Waals surface area contributed by atoms with Gasteiger partial charge in [-0.15, -0.1) is 0 Å². The maximum Gasteiger partial charge on any atom is 0.0674 e. The first kappa shape index (κ1) is 12.9. The second-order valence-electron chi connectivity index (χ2n) is 3.06. The average molecular weight is 189 g/mol.